The molecule has 0 aliphatic heterocycles. The predicted octanol–water partition coefficient (Wildman–Crippen LogP) is 5.27. The first-order valence-corrected chi connectivity index (χ1v) is 9.91. The third-order valence-electron chi connectivity index (χ3n) is 4.19. The van der Waals surface area contributed by atoms with Gasteiger partial charge in [0.25, 0.3) is 0 Å². The van der Waals surface area contributed by atoms with E-state index in [0.29, 0.717) is 22.4 Å². The van der Waals surface area contributed by atoms with E-state index in [1.165, 1.54) is 0 Å². The first kappa shape index (κ1) is 21.7. The molecular weight excluding hydrogens is 423 g/mol. The Hall–Kier alpha value is -3.02. The molecule has 0 aromatic heterocycles. The second-order valence-electron chi connectivity index (χ2n) is 6.41. The number of nitrogens with zero attached hydrogens (tertiary/aromatic N) is 1. The third-order valence-corrected chi connectivity index (χ3v) is 4.78. The van der Waals surface area contributed by atoms with E-state index in [2.05, 4.69) is 10.5 Å². The van der Waals surface area contributed by atoms with E-state index in [9.17, 15) is 4.79 Å². The average molecular weight is 443 g/mol. The monoisotopic (exact) mass is 442 g/mol. The van der Waals surface area contributed by atoms with Crippen molar-refractivity contribution in [2.45, 2.75) is 13.0 Å². The number of nitrogens with one attached hydrogen (secondary N) is 1. The number of carbonyl (C=O) groups excluding carboxylic acids is 1. The lowest BCUT2D eigenvalue weighted by atomic mass is 10.1. The van der Waals surface area contributed by atoms with Gasteiger partial charge >= 0.3 is 0 Å². The zero-order valence-corrected chi connectivity index (χ0v) is 17.8. The molecule has 3 aromatic rings. The molecule has 7 heteroatoms. The van der Waals surface area contributed by atoms with Gasteiger partial charge in [0, 0.05) is 15.6 Å². The molecule has 3 aromatic carbocycles. The fourth-order valence-electron chi connectivity index (χ4n) is 2.63. The minimum Gasteiger partial charge on any atom is -0.497 e. The first-order chi connectivity index (χ1) is 14.5. The number of methoxy groups -OCH3 is 1. The van der Waals surface area contributed by atoms with E-state index in [1.54, 1.807) is 25.5 Å². The summed E-state index contributed by atoms with van der Waals surface area (Å²) in [6.45, 7) is 0.315. The van der Waals surface area contributed by atoms with Crippen LogP contribution in [0.25, 0.3) is 0 Å². The smallest absolute Gasteiger partial charge is 0.244 e. The molecule has 0 heterocycles. The lowest BCUT2D eigenvalue weighted by molar-refractivity contribution is -0.120. The van der Waals surface area contributed by atoms with Crippen molar-refractivity contribution >= 4 is 35.3 Å². The molecule has 0 saturated heterocycles. The van der Waals surface area contributed by atoms with Crippen molar-refractivity contribution in [3.8, 4) is 11.5 Å². The molecule has 5 nitrogen and oxygen atoms in total. The molecule has 0 bridgehead atoms. The highest BCUT2D eigenvalue weighted by Crippen LogP contribution is 2.23. The van der Waals surface area contributed by atoms with Gasteiger partial charge in [-0.05, 0) is 47.5 Å². The lowest BCUT2D eigenvalue weighted by Gasteiger charge is -2.08. The molecule has 0 aliphatic rings. The number of hydrogen-bond donors (Lipinski definition) is 1. The minimum atomic E-state index is -0.207. The van der Waals surface area contributed by atoms with Gasteiger partial charge in [0.15, 0.2) is 0 Å². The van der Waals surface area contributed by atoms with E-state index in [-0.39, 0.29) is 12.3 Å². The zero-order chi connectivity index (χ0) is 21.3. The summed E-state index contributed by atoms with van der Waals surface area (Å²) in [5.74, 6) is 1.20. The maximum Gasteiger partial charge on any atom is 0.244 e. The van der Waals surface area contributed by atoms with Crippen LogP contribution in [0, 0.1) is 0 Å². The van der Waals surface area contributed by atoms with Crippen LogP contribution in [0.2, 0.25) is 10.0 Å². The predicted molar refractivity (Wildman–Crippen MR) is 120 cm³/mol. The Labute approximate surface area is 185 Å². The number of hydrazone groups is 1. The van der Waals surface area contributed by atoms with Crippen LogP contribution in [-0.2, 0) is 17.8 Å². The number of amides is 1. The van der Waals surface area contributed by atoms with Gasteiger partial charge in [0.2, 0.25) is 5.91 Å². The number of halogens is 2. The largest absolute Gasteiger partial charge is 0.497 e. The van der Waals surface area contributed by atoms with Crippen LogP contribution in [0.4, 0.5) is 0 Å². The Kier molecular flexibility index (Phi) is 7.71. The Morgan fingerprint density at radius 1 is 1.03 bits per heavy atom. The average Bonchev–Trinajstić information content (AvgIpc) is 2.74. The van der Waals surface area contributed by atoms with Gasteiger partial charge in [-0.2, -0.15) is 5.10 Å². The highest BCUT2D eigenvalue weighted by molar-refractivity contribution is 6.35. The molecule has 0 radical (unpaired) electrons. The Bertz CT molecular complexity index is 1040. The summed E-state index contributed by atoms with van der Waals surface area (Å²) in [5, 5.41) is 5.15. The molecule has 30 heavy (non-hydrogen) atoms. The van der Waals surface area contributed by atoms with Gasteiger partial charge < -0.3 is 9.47 Å². The van der Waals surface area contributed by atoms with E-state index in [1.807, 2.05) is 54.6 Å². The SMILES string of the molecule is COc1ccc(CC(=O)N/N=C\c2cccc(OCc3ccc(Cl)cc3Cl)c2)cc1. The van der Waals surface area contributed by atoms with Gasteiger partial charge in [-0.25, -0.2) is 5.43 Å². The van der Waals surface area contributed by atoms with Crippen LogP contribution in [0.1, 0.15) is 16.7 Å². The topological polar surface area (TPSA) is 59.9 Å². The van der Waals surface area contributed by atoms with Crippen LogP contribution in [0.5, 0.6) is 11.5 Å². The highest BCUT2D eigenvalue weighted by Gasteiger charge is 2.04. The molecule has 0 spiro atoms. The van der Waals surface area contributed by atoms with Crippen molar-refractivity contribution in [2.24, 2.45) is 5.10 Å². The van der Waals surface area contributed by atoms with Crippen molar-refractivity contribution < 1.29 is 14.3 Å². The lowest BCUT2D eigenvalue weighted by Crippen LogP contribution is -2.19. The minimum absolute atomic E-state index is 0.207. The van der Waals surface area contributed by atoms with E-state index in [0.717, 1.165) is 22.4 Å². The molecule has 0 aliphatic carbocycles. The molecule has 1 N–H and O–H groups in total. The molecule has 3 rings (SSSR count). The summed E-state index contributed by atoms with van der Waals surface area (Å²) in [6.07, 6.45) is 1.79. The third kappa shape index (κ3) is 6.51. The number of benzene rings is 3. The van der Waals surface area contributed by atoms with Crippen LogP contribution >= 0.6 is 23.2 Å². The normalized spacial score (nSPS) is 10.8. The molecule has 0 unspecified atom stereocenters. The van der Waals surface area contributed by atoms with Crippen LogP contribution in [0.3, 0.4) is 0 Å². The molecule has 0 fully saturated rings. The molecule has 0 atom stereocenters. The number of hydrogen-bond acceptors (Lipinski definition) is 4. The molecular formula is C23H20Cl2N2O3. The van der Waals surface area contributed by atoms with Gasteiger partial charge in [-0.15, -0.1) is 0 Å². The van der Waals surface area contributed by atoms with Gasteiger partial charge in [-0.1, -0.05) is 53.5 Å². The Morgan fingerprint density at radius 3 is 2.57 bits per heavy atom. The standard InChI is InChI=1S/C23H20Cl2N2O3/c1-29-20-9-5-16(6-10-20)12-23(28)27-26-14-17-3-2-4-21(11-17)30-15-18-7-8-19(24)13-22(18)25/h2-11,13-14H,12,15H2,1H3,(H,27,28)/b26-14-. The fraction of sp³-hybridized carbons (Fsp3) is 0.130. The van der Waals surface area contributed by atoms with Crippen LogP contribution in [-0.4, -0.2) is 19.2 Å². The Balaban J connectivity index is 1.52. The number of ether oxygens (including phenoxy) is 2. The van der Waals surface area contributed by atoms with Crippen molar-refractivity contribution in [3.63, 3.8) is 0 Å². The summed E-state index contributed by atoms with van der Waals surface area (Å²) < 4.78 is 10.9. The summed E-state index contributed by atoms with van der Waals surface area (Å²) in [5.41, 5.74) is 5.03. The van der Waals surface area contributed by atoms with Crippen LogP contribution < -0.4 is 14.9 Å². The van der Waals surface area contributed by atoms with Crippen molar-refractivity contribution in [1.29, 1.82) is 0 Å². The van der Waals surface area contributed by atoms with Crippen molar-refractivity contribution in [3.05, 3.63) is 93.5 Å². The van der Waals surface area contributed by atoms with Crippen LogP contribution in [0.15, 0.2) is 71.8 Å². The van der Waals surface area contributed by atoms with Gasteiger partial charge in [-0.3, -0.25) is 4.79 Å². The van der Waals surface area contributed by atoms with E-state index < -0.39 is 0 Å². The van der Waals surface area contributed by atoms with Crippen molar-refractivity contribution in [1.82, 2.24) is 5.43 Å². The summed E-state index contributed by atoms with van der Waals surface area (Å²) in [6, 6.07) is 20.0. The first-order valence-electron chi connectivity index (χ1n) is 9.15. The number of carbonyl (C=O) groups is 1. The molecule has 1 amide bonds. The van der Waals surface area contributed by atoms with E-state index in [4.69, 9.17) is 32.7 Å². The molecule has 0 saturated carbocycles. The Morgan fingerprint density at radius 2 is 1.83 bits per heavy atom. The molecule has 154 valence electrons. The maximum absolute atomic E-state index is 12.0. The van der Waals surface area contributed by atoms with Gasteiger partial charge in [0.05, 0.1) is 19.7 Å². The van der Waals surface area contributed by atoms with Gasteiger partial charge in [0.1, 0.15) is 18.1 Å². The second kappa shape index (κ2) is 10.7. The quantitative estimate of drug-likeness (QED) is 0.381. The summed E-state index contributed by atoms with van der Waals surface area (Å²) in [7, 11) is 1.60. The second-order valence-corrected chi connectivity index (χ2v) is 7.26. The number of rotatable bonds is 8. The maximum atomic E-state index is 12.0. The van der Waals surface area contributed by atoms with E-state index >= 15 is 0 Å². The summed E-state index contributed by atoms with van der Waals surface area (Å²) in [4.78, 5) is 12.0. The zero-order valence-electron chi connectivity index (χ0n) is 16.3. The highest BCUT2D eigenvalue weighted by atomic mass is 35.5. The fourth-order valence-corrected chi connectivity index (χ4v) is 3.09. The van der Waals surface area contributed by atoms with Crippen molar-refractivity contribution in [2.75, 3.05) is 7.11 Å². The summed E-state index contributed by atoms with van der Waals surface area (Å²) >= 11 is 12.1.